The van der Waals surface area contributed by atoms with Crippen LogP contribution in [0, 0.1) is 0 Å². The highest BCUT2D eigenvalue weighted by Gasteiger charge is 2.15. The topological polar surface area (TPSA) is 50.3 Å². The van der Waals surface area contributed by atoms with Crippen molar-refractivity contribution in [2.75, 3.05) is 37.0 Å². The summed E-state index contributed by atoms with van der Waals surface area (Å²) in [6, 6.07) is 17.9. The van der Waals surface area contributed by atoms with Crippen LogP contribution in [0.3, 0.4) is 0 Å². The first-order chi connectivity index (χ1) is 13.3. The normalized spacial score (nSPS) is 13.6. The van der Waals surface area contributed by atoms with Gasteiger partial charge in [0.25, 0.3) is 0 Å². The molecule has 4 rings (SSSR count). The van der Waals surface area contributed by atoms with Crippen molar-refractivity contribution in [3.8, 4) is 5.75 Å². The molecular formula is C22H28N4O. The fourth-order valence-corrected chi connectivity index (χ4v) is 3.16. The van der Waals surface area contributed by atoms with Gasteiger partial charge in [-0.25, -0.2) is 4.98 Å². The van der Waals surface area contributed by atoms with E-state index in [0.29, 0.717) is 0 Å². The van der Waals surface area contributed by atoms with Crippen LogP contribution >= 0.6 is 0 Å². The Morgan fingerprint density at radius 3 is 2.30 bits per heavy atom. The minimum atomic E-state index is 0.870. The zero-order valence-electron chi connectivity index (χ0n) is 16.2. The van der Waals surface area contributed by atoms with Crippen LogP contribution in [0.4, 0.5) is 11.8 Å². The van der Waals surface area contributed by atoms with Crippen molar-refractivity contribution >= 4 is 22.7 Å². The molecule has 0 amide bonds. The molecule has 1 aromatic heterocycles. The molecule has 142 valence electrons. The van der Waals surface area contributed by atoms with Crippen LogP contribution in [0.15, 0.2) is 54.6 Å². The van der Waals surface area contributed by atoms with Gasteiger partial charge >= 0.3 is 0 Å². The summed E-state index contributed by atoms with van der Waals surface area (Å²) in [5, 5.41) is 4.45. The molecule has 0 saturated carbocycles. The van der Waals surface area contributed by atoms with E-state index in [-0.39, 0.29) is 0 Å². The van der Waals surface area contributed by atoms with E-state index < -0.39 is 0 Å². The van der Waals surface area contributed by atoms with Crippen molar-refractivity contribution in [2.45, 2.75) is 26.2 Å². The molecule has 2 aromatic carbocycles. The number of benzene rings is 2. The lowest BCUT2D eigenvalue weighted by Gasteiger charge is -2.27. The molecular weight excluding hydrogens is 336 g/mol. The van der Waals surface area contributed by atoms with Gasteiger partial charge in [0.1, 0.15) is 11.6 Å². The van der Waals surface area contributed by atoms with Crippen LogP contribution in [0.1, 0.15) is 26.2 Å². The lowest BCUT2D eigenvalue weighted by molar-refractivity contribution is 0.415. The number of nitrogens with zero attached hydrogens (tertiary/aromatic N) is 3. The summed E-state index contributed by atoms with van der Waals surface area (Å²) in [7, 11) is 1.66. The molecule has 2 heterocycles. The highest BCUT2D eigenvalue weighted by molar-refractivity contribution is 5.90. The molecule has 0 atom stereocenters. The van der Waals surface area contributed by atoms with Gasteiger partial charge in [0.05, 0.1) is 12.6 Å². The van der Waals surface area contributed by atoms with E-state index in [0.717, 1.165) is 48.1 Å². The van der Waals surface area contributed by atoms with Gasteiger partial charge in [-0.05, 0) is 50.5 Å². The van der Waals surface area contributed by atoms with Crippen molar-refractivity contribution < 1.29 is 4.74 Å². The van der Waals surface area contributed by atoms with Crippen molar-refractivity contribution in [3.05, 3.63) is 54.6 Å². The second-order valence-corrected chi connectivity index (χ2v) is 6.48. The third kappa shape index (κ3) is 5.09. The molecule has 1 fully saturated rings. The predicted molar refractivity (Wildman–Crippen MR) is 113 cm³/mol. The summed E-state index contributed by atoms with van der Waals surface area (Å²) in [6.07, 6.45) is 3.81. The minimum absolute atomic E-state index is 0.870. The van der Waals surface area contributed by atoms with Gasteiger partial charge in [0, 0.05) is 25.0 Å². The lowest BCUT2D eigenvalue weighted by Crippen LogP contribution is -2.31. The largest absolute Gasteiger partial charge is 0.497 e. The summed E-state index contributed by atoms with van der Waals surface area (Å²) in [5.74, 6) is 2.73. The van der Waals surface area contributed by atoms with Gasteiger partial charge in [-0.15, -0.1) is 0 Å². The van der Waals surface area contributed by atoms with Crippen LogP contribution in [-0.4, -0.2) is 36.7 Å². The first-order valence-electron chi connectivity index (χ1n) is 9.66. The fourth-order valence-electron chi connectivity index (χ4n) is 3.16. The number of hydrogen-bond acceptors (Lipinski definition) is 5. The molecule has 0 bridgehead atoms. The predicted octanol–water partition coefficient (Wildman–Crippen LogP) is 4.75. The summed E-state index contributed by atoms with van der Waals surface area (Å²) >= 11 is 0. The average molecular weight is 364 g/mol. The molecule has 5 heteroatoms. The van der Waals surface area contributed by atoms with Gasteiger partial charge in [0.2, 0.25) is 5.95 Å². The molecule has 0 radical (unpaired) electrons. The van der Waals surface area contributed by atoms with Crippen LogP contribution in [0.5, 0.6) is 5.75 Å². The Morgan fingerprint density at radius 2 is 1.63 bits per heavy atom. The highest BCUT2D eigenvalue weighted by Crippen LogP contribution is 2.24. The van der Waals surface area contributed by atoms with Gasteiger partial charge in [-0.2, -0.15) is 4.98 Å². The average Bonchev–Trinajstić information content (AvgIpc) is 2.75. The van der Waals surface area contributed by atoms with Gasteiger partial charge in [-0.3, -0.25) is 0 Å². The standard InChI is InChI=1S/C15H20N4.C7H8O/c1-2-16-14-12-8-4-5-9-13(12)17-15(18-14)19-10-6-3-7-11-19;1-8-7-5-3-2-4-6-7/h4-5,8-9H,2-3,6-7,10-11H2,1H3,(H,16,17,18);2-6H,1H3. The summed E-state index contributed by atoms with van der Waals surface area (Å²) < 4.78 is 4.91. The maximum absolute atomic E-state index is 4.91. The molecule has 5 nitrogen and oxygen atoms in total. The monoisotopic (exact) mass is 364 g/mol. The smallest absolute Gasteiger partial charge is 0.227 e. The number of piperidine rings is 1. The first-order valence-corrected chi connectivity index (χ1v) is 9.66. The Kier molecular flexibility index (Phi) is 6.85. The van der Waals surface area contributed by atoms with E-state index >= 15 is 0 Å². The van der Waals surface area contributed by atoms with Crippen LogP contribution in [0.2, 0.25) is 0 Å². The van der Waals surface area contributed by atoms with E-state index in [9.17, 15) is 0 Å². The zero-order valence-corrected chi connectivity index (χ0v) is 16.2. The number of para-hydroxylation sites is 2. The summed E-state index contributed by atoms with van der Waals surface area (Å²) in [4.78, 5) is 11.7. The number of hydrogen-bond donors (Lipinski definition) is 1. The highest BCUT2D eigenvalue weighted by atomic mass is 16.5. The molecule has 1 saturated heterocycles. The Bertz CT molecular complexity index is 832. The minimum Gasteiger partial charge on any atom is -0.497 e. The molecule has 1 aliphatic rings. The van der Waals surface area contributed by atoms with E-state index in [4.69, 9.17) is 14.7 Å². The third-order valence-electron chi connectivity index (χ3n) is 4.55. The Hall–Kier alpha value is -2.82. The van der Waals surface area contributed by atoms with E-state index in [2.05, 4.69) is 29.3 Å². The Labute approximate surface area is 161 Å². The van der Waals surface area contributed by atoms with Crippen LogP contribution in [0.25, 0.3) is 10.9 Å². The Morgan fingerprint density at radius 1 is 0.926 bits per heavy atom. The summed E-state index contributed by atoms with van der Waals surface area (Å²) in [5.41, 5.74) is 1.02. The van der Waals surface area contributed by atoms with Crippen molar-refractivity contribution in [3.63, 3.8) is 0 Å². The van der Waals surface area contributed by atoms with E-state index in [1.54, 1.807) is 7.11 Å². The number of anilines is 2. The van der Waals surface area contributed by atoms with Gasteiger partial charge in [0.15, 0.2) is 0 Å². The number of aromatic nitrogens is 2. The molecule has 3 aromatic rings. The van der Waals surface area contributed by atoms with E-state index in [1.807, 2.05) is 42.5 Å². The number of fused-ring (bicyclic) bond motifs is 1. The van der Waals surface area contributed by atoms with Crippen molar-refractivity contribution in [2.24, 2.45) is 0 Å². The molecule has 27 heavy (non-hydrogen) atoms. The second-order valence-electron chi connectivity index (χ2n) is 6.48. The first kappa shape index (κ1) is 19.0. The van der Waals surface area contributed by atoms with Crippen molar-refractivity contribution in [1.29, 1.82) is 0 Å². The molecule has 1 N–H and O–H groups in total. The van der Waals surface area contributed by atoms with Crippen LogP contribution < -0.4 is 15.0 Å². The summed E-state index contributed by atoms with van der Waals surface area (Å²) in [6.45, 7) is 5.12. The molecule has 0 aliphatic carbocycles. The zero-order chi connectivity index (χ0) is 18.9. The lowest BCUT2D eigenvalue weighted by atomic mass is 10.1. The molecule has 0 spiro atoms. The van der Waals surface area contributed by atoms with Gasteiger partial charge < -0.3 is 15.0 Å². The van der Waals surface area contributed by atoms with Crippen LogP contribution in [-0.2, 0) is 0 Å². The van der Waals surface area contributed by atoms with Crippen molar-refractivity contribution in [1.82, 2.24) is 9.97 Å². The fraction of sp³-hybridized carbons (Fsp3) is 0.364. The number of methoxy groups -OCH3 is 1. The second kappa shape index (κ2) is 9.76. The molecule has 0 unspecified atom stereocenters. The Balaban J connectivity index is 0.000000221. The quantitative estimate of drug-likeness (QED) is 0.724. The third-order valence-corrected chi connectivity index (χ3v) is 4.55. The van der Waals surface area contributed by atoms with Gasteiger partial charge in [-0.1, -0.05) is 30.3 Å². The SMILES string of the molecule is CCNc1nc(N2CCCCC2)nc2ccccc12.COc1ccccc1. The number of ether oxygens (including phenoxy) is 1. The van der Waals surface area contributed by atoms with E-state index in [1.165, 1.54) is 19.3 Å². The number of nitrogens with one attached hydrogen (secondary N) is 1. The maximum atomic E-state index is 4.91. The number of rotatable bonds is 4. The molecule has 1 aliphatic heterocycles. The maximum Gasteiger partial charge on any atom is 0.227 e.